The number of esters is 2. The number of carbonyl (C=O) groups is 5. The first-order valence-corrected chi connectivity index (χ1v) is 24.5. The number of hydrogen-bond donors (Lipinski definition) is 10. The second-order valence-electron chi connectivity index (χ2n) is 14.2. The van der Waals surface area contributed by atoms with Gasteiger partial charge >= 0.3 is 17.9 Å². The van der Waals surface area contributed by atoms with Gasteiger partial charge in [-0.1, -0.05) is 5.92 Å². The molecule has 26 nitrogen and oxygen atoms in total. The molecule has 0 aliphatic carbocycles. The van der Waals surface area contributed by atoms with Crippen molar-refractivity contribution in [3.8, 4) is 83.4 Å². The number of carboxylic acids is 1. The topological polar surface area (TPSA) is 423 Å². The number of carbonyl (C=O) groups excluding carboxylic acids is 4. The average molecular weight is 1240 g/mol. The smallest absolute Gasteiger partial charge is 0.328 e. The van der Waals surface area contributed by atoms with Crippen molar-refractivity contribution in [1.29, 1.82) is 0 Å². The van der Waals surface area contributed by atoms with Crippen LogP contribution < -0.4 is 50.8 Å². The summed E-state index contributed by atoms with van der Waals surface area (Å²) in [7, 11) is 4.70. The maximum absolute atomic E-state index is 11.8. The van der Waals surface area contributed by atoms with Crippen molar-refractivity contribution < 1.29 is 67.0 Å². The van der Waals surface area contributed by atoms with Crippen LogP contribution in [0.3, 0.4) is 0 Å². The van der Waals surface area contributed by atoms with Gasteiger partial charge in [-0.15, -0.1) is 6.42 Å². The molecule has 0 fully saturated rings. The fraction of sp³-hybridized carbons (Fsp3) is 0.577. The summed E-state index contributed by atoms with van der Waals surface area (Å²) in [6, 6.07) is -1.93. The molecule has 0 unspecified atom stereocenters. The van der Waals surface area contributed by atoms with Crippen LogP contribution >= 0.6 is 52.1 Å². The van der Waals surface area contributed by atoms with Gasteiger partial charge < -0.3 is 93.8 Å². The molecule has 0 aliphatic heterocycles. The Labute approximate surface area is 510 Å². The normalized spacial score (nSPS) is 9.65. The molecule has 82 heavy (non-hydrogen) atoms. The highest BCUT2D eigenvalue weighted by Gasteiger charge is 2.22. The van der Waals surface area contributed by atoms with Gasteiger partial charge in [-0.2, -0.15) is 40.5 Å². The van der Waals surface area contributed by atoms with E-state index in [9.17, 15) is 24.0 Å². The third kappa shape index (κ3) is 82.1. The summed E-state index contributed by atoms with van der Waals surface area (Å²) in [4.78, 5) is 66.9. The molecule has 0 bridgehead atoms. The van der Waals surface area contributed by atoms with E-state index in [-0.39, 0.29) is 84.2 Å². The Bertz CT molecular complexity index is 2220. The minimum atomic E-state index is -0.887. The lowest BCUT2D eigenvalue weighted by atomic mass is 10.1. The number of nitrogens with two attached hydrogens (primary N) is 7. The fourth-order valence-corrected chi connectivity index (χ4v) is 4.54. The zero-order valence-electron chi connectivity index (χ0n) is 47.7. The summed E-state index contributed by atoms with van der Waals surface area (Å²) in [5.74, 6) is 29.8. The number of aliphatic imine (C=N–C) groups is 3. The molecule has 0 saturated carbocycles. The second-order valence-corrected chi connectivity index (χ2v) is 14.7. The van der Waals surface area contributed by atoms with Crippen molar-refractivity contribution in [3.05, 3.63) is 0 Å². The molecule has 0 spiro atoms. The highest BCUT2D eigenvalue weighted by atomic mass is 35.5. The van der Waals surface area contributed by atoms with Crippen LogP contribution in [0.5, 0.6) is 0 Å². The maximum Gasteiger partial charge on any atom is 0.328 e. The lowest BCUT2D eigenvalue weighted by Gasteiger charge is -2.17. The number of halogens is 1. The quantitative estimate of drug-likeness (QED) is 0.00807. The first-order chi connectivity index (χ1) is 37.8. The SMILES string of the molecule is C#CC#CC#CC#CC#CC#CC#CC.CCOC(=O)[C@@H](N)CCCN=C(N)N.CCOC(=O)[C@H](CCCN=C(N)N)NC(=O)COCCOC.COCCOCC(=O)Cl.COCCOCCN[C@@H](CCCN=C(N)N)C(=O)O.S.S.S. The Morgan fingerprint density at radius 1 is 0.561 bits per heavy atom. The van der Waals surface area contributed by atoms with Crippen molar-refractivity contribution in [1.82, 2.24) is 10.6 Å². The summed E-state index contributed by atoms with van der Waals surface area (Å²) in [6.45, 7) is 10.4. The molecule has 0 saturated heterocycles. The Kier molecular flexibility index (Phi) is 83.2. The zero-order valence-corrected chi connectivity index (χ0v) is 51.4. The second kappa shape index (κ2) is 74.3. The van der Waals surface area contributed by atoms with Gasteiger partial charge in [0.15, 0.2) is 17.9 Å². The molecule has 0 aliphatic rings. The lowest BCUT2D eigenvalue weighted by Crippen LogP contribution is -2.43. The number of terminal acetylenes is 1. The molecule has 3 atom stereocenters. The highest BCUT2D eigenvalue weighted by Crippen LogP contribution is 2.02. The summed E-state index contributed by atoms with van der Waals surface area (Å²) < 4.78 is 39.0. The van der Waals surface area contributed by atoms with E-state index < -0.39 is 41.2 Å². The molecule has 17 N–H and O–H groups in total. The van der Waals surface area contributed by atoms with E-state index in [0.29, 0.717) is 118 Å². The van der Waals surface area contributed by atoms with E-state index in [1.165, 1.54) is 7.11 Å². The van der Waals surface area contributed by atoms with Gasteiger partial charge in [-0.3, -0.25) is 34.2 Å². The van der Waals surface area contributed by atoms with E-state index in [4.69, 9.17) is 96.4 Å². The van der Waals surface area contributed by atoms with Crippen LogP contribution in [0.4, 0.5) is 0 Å². The maximum atomic E-state index is 11.8. The number of aliphatic carboxylic acids is 1. The van der Waals surface area contributed by atoms with Gasteiger partial charge in [0.1, 0.15) is 31.3 Å². The number of rotatable bonds is 35. The van der Waals surface area contributed by atoms with E-state index in [1.807, 2.05) is 0 Å². The van der Waals surface area contributed by atoms with Crippen molar-refractivity contribution in [2.24, 2.45) is 55.1 Å². The molecule has 464 valence electrons. The van der Waals surface area contributed by atoms with E-state index in [2.05, 4.69) is 107 Å². The van der Waals surface area contributed by atoms with Crippen molar-refractivity contribution >= 4 is 99.0 Å². The number of guanidine groups is 3. The van der Waals surface area contributed by atoms with Gasteiger partial charge in [0.05, 0.1) is 59.5 Å². The molecule has 30 heteroatoms. The number of ether oxygens (including phenoxy) is 8. The standard InChI is InChI=1S/C15H4.C13H26N4O5.C11H24N4O4.C8H18N4O2.C5H9ClO3.3H2S/c1-3-5-7-9-11-13-15-14-12-10-8-6-4-2;1-3-22-12(19)10(5-4-6-16-13(14)15)17-11(18)9-21-8-7-20-2;1-18-7-8-19-6-5-14-9(10(16)17)3-2-4-15-11(12)13;1-2-14-7(13)6(9)4-3-5-12-8(10)11;1-8-2-3-9-4-5(6)7;;;/h1H,2H3;10H,3-9H2,1-2H3,(H,17,18)(H4,14,15,16);9,14H,2-8H2,1H3,(H,16,17)(H4,12,13,15);6H,2-5,9H2,1H3,(H4,10,11,12);2-4H2,1H3;3*1H2/t;10-;9-;6-;;;;/m.000..../s1. The predicted octanol–water partition coefficient (Wildman–Crippen LogP) is -2.16. The van der Waals surface area contributed by atoms with Gasteiger partial charge in [0.2, 0.25) is 11.1 Å². The molecule has 0 aromatic carbocycles. The Balaban J connectivity index is -0.000000141. The molecule has 0 aromatic heterocycles. The Morgan fingerprint density at radius 3 is 1.34 bits per heavy atom. The molecular weight excluding hydrogens is 1150 g/mol. The van der Waals surface area contributed by atoms with Crippen LogP contribution in [0.2, 0.25) is 0 Å². The number of nitrogens with zero attached hydrogens (tertiary/aromatic N) is 3. The van der Waals surface area contributed by atoms with Crippen LogP contribution in [-0.4, -0.2) is 190 Å². The number of hydrogen-bond acceptors (Lipinski definition) is 18. The summed E-state index contributed by atoms with van der Waals surface area (Å²) in [6.07, 6.45) is 8.04. The third-order valence-electron chi connectivity index (χ3n) is 7.86. The summed E-state index contributed by atoms with van der Waals surface area (Å²) >= 11 is 4.95. The lowest BCUT2D eigenvalue weighted by molar-refractivity contribution is -0.148. The summed E-state index contributed by atoms with van der Waals surface area (Å²) in [5, 5.41) is 14.0. The molecule has 0 heterocycles. The van der Waals surface area contributed by atoms with E-state index >= 15 is 0 Å². The third-order valence-corrected chi connectivity index (χ3v) is 7.96. The Morgan fingerprint density at radius 2 is 0.951 bits per heavy atom. The fourth-order valence-electron chi connectivity index (χ4n) is 4.47. The van der Waals surface area contributed by atoms with Gasteiger partial charge in [-0.25, -0.2) is 4.79 Å². The average Bonchev–Trinajstić information content (AvgIpc) is 3.40. The Hall–Kier alpha value is -6.70. The number of amides is 1. The largest absolute Gasteiger partial charge is 0.480 e. The van der Waals surface area contributed by atoms with Crippen LogP contribution in [0.25, 0.3) is 0 Å². The van der Waals surface area contributed by atoms with Gasteiger partial charge in [-0.05, 0) is 142 Å². The highest BCUT2D eigenvalue weighted by molar-refractivity contribution is 7.59. The van der Waals surface area contributed by atoms with Crippen molar-refractivity contribution in [2.75, 3.05) is 120 Å². The minimum absolute atomic E-state index is 0. The molecule has 0 radical (unpaired) electrons. The zero-order chi connectivity index (χ0) is 60.6. The first kappa shape index (κ1) is 91.8. The van der Waals surface area contributed by atoms with E-state index in [1.54, 1.807) is 35.0 Å². The van der Waals surface area contributed by atoms with Gasteiger partial charge in [0, 0.05) is 47.5 Å². The molecule has 1 amide bonds. The van der Waals surface area contributed by atoms with Crippen LogP contribution in [-0.2, 0) is 61.9 Å². The molecular formula is C52H87ClN12O14S3. The van der Waals surface area contributed by atoms with E-state index in [0.717, 1.165) is 0 Å². The monoisotopic (exact) mass is 1230 g/mol. The van der Waals surface area contributed by atoms with Crippen molar-refractivity contribution in [2.45, 2.75) is 77.4 Å². The first-order valence-electron chi connectivity index (χ1n) is 24.1. The minimum Gasteiger partial charge on any atom is -0.480 e. The number of nitrogens with one attached hydrogen (secondary N) is 2. The molecule has 0 rings (SSSR count). The van der Waals surface area contributed by atoms with Gasteiger partial charge in [0.25, 0.3) is 0 Å². The molecule has 0 aromatic rings. The number of methoxy groups -OCH3 is 3. The summed E-state index contributed by atoms with van der Waals surface area (Å²) in [5.41, 5.74) is 36.6. The van der Waals surface area contributed by atoms with Crippen LogP contribution in [0.1, 0.15) is 59.3 Å². The van der Waals surface area contributed by atoms with Crippen molar-refractivity contribution in [3.63, 3.8) is 0 Å². The van der Waals surface area contributed by atoms with Crippen LogP contribution in [0, 0.1) is 83.4 Å². The predicted molar refractivity (Wildman–Crippen MR) is 334 cm³/mol. The van der Waals surface area contributed by atoms with Crippen LogP contribution in [0.15, 0.2) is 15.0 Å². The number of carboxylic acid groups (broad SMARTS) is 1.